The molecular formula is C9H10ClF3O2. The fourth-order valence-electron chi connectivity index (χ4n) is 0.725. The van der Waals surface area contributed by atoms with Gasteiger partial charge in [-0.15, -0.1) is 6.58 Å². The molecule has 0 spiro atoms. The van der Waals surface area contributed by atoms with E-state index >= 15 is 0 Å². The molecule has 0 bridgehead atoms. The second-order valence-corrected chi connectivity index (χ2v) is 3.82. The summed E-state index contributed by atoms with van der Waals surface area (Å²) in [5.74, 6) is -6.73. The van der Waals surface area contributed by atoms with Crippen LogP contribution in [0.1, 0.15) is 19.8 Å². The Morgan fingerprint density at radius 1 is 1.33 bits per heavy atom. The zero-order valence-corrected chi connectivity index (χ0v) is 8.78. The fraction of sp³-hybridized carbons (Fsp3) is 0.556. The van der Waals surface area contributed by atoms with Crippen LogP contribution >= 0.6 is 11.6 Å². The molecule has 0 aliphatic rings. The number of alkyl halides is 4. The summed E-state index contributed by atoms with van der Waals surface area (Å²) in [6.45, 7) is 3.73. The van der Waals surface area contributed by atoms with E-state index in [-0.39, 0.29) is 0 Å². The molecule has 0 saturated carbocycles. The van der Waals surface area contributed by atoms with Gasteiger partial charge in [-0.2, -0.15) is 8.78 Å². The van der Waals surface area contributed by atoms with Crippen molar-refractivity contribution in [2.24, 2.45) is 0 Å². The van der Waals surface area contributed by atoms with Gasteiger partial charge in [-0.3, -0.25) is 9.59 Å². The standard InChI is InChI=1S/C9H10ClF3O2/c1-3-4-9(12,13)7(15)5-6(14)8(2,10)11/h3H,1,4-5H2,2H3. The number of carbonyl (C=O) groups excluding carboxylic acids is 2. The second kappa shape index (κ2) is 4.79. The molecule has 0 saturated heterocycles. The van der Waals surface area contributed by atoms with Gasteiger partial charge in [0.2, 0.25) is 10.9 Å². The lowest BCUT2D eigenvalue weighted by Gasteiger charge is -2.14. The van der Waals surface area contributed by atoms with Crippen molar-refractivity contribution in [3.05, 3.63) is 12.7 Å². The smallest absolute Gasteiger partial charge is 0.294 e. The van der Waals surface area contributed by atoms with Crippen molar-refractivity contribution in [3.63, 3.8) is 0 Å². The predicted molar refractivity (Wildman–Crippen MR) is 49.8 cm³/mol. The Hall–Kier alpha value is -0.840. The minimum absolute atomic E-state index is 0.690. The maximum atomic E-state index is 12.8. The first-order valence-electron chi connectivity index (χ1n) is 4.04. The molecule has 0 heterocycles. The zero-order chi connectivity index (χ0) is 12.3. The van der Waals surface area contributed by atoms with Gasteiger partial charge < -0.3 is 0 Å². The Kier molecular flexibility index (Phi) is 4.52. The molecule has 0 fully saturated rings. The number of ketones is 2. The molecule has 0 N–H and O–H groups in total. The van der Waals surface area contributed by atoms with Gasteiger partial charge in [-0.05, 0) is 6.92 Å². The molecule has 86 valence electrons. The van der Waals surface area contributed by atoms with Crippen LogP contribution in [0.4, 0.5) is 13.2 Å². The average molecular weight is 243 g/mol. The molecular weight excluding hydrogens is 233 g/mol. The SMILES string of the molecule is C=CCC(F)(F)C(=O)CC(=O)C(C)(F)Cl. The average Bonchev–Trinajstić information content (AvgIpc) is 2.01. The summed E-state index contributed by atoms with van der Waals surface area (Å²) in [7, 11) is 0. The van der Waals surface area contributed by atoms with Crippen molar-refractivity contribution in [1.82, 2.24) is 0 Å². The van der Waals surface area contributed by atoms with Crippen LogP contribution < -0.4 is 0 Å². The molecule has 0 aromatic heterocycles. The lowest BCUT2D eigenvalue weighted by atomic mass is 10.0. The van der Waals surface area contributed by atoms with E-state index in [9.17, 15) is 22.8 Å². The Morgan fingerprint density at radius 2 is 1.80 bits per heavy atom. The number of hydrogen-bond acceptors (Lipinski definition) is 2. The van der Waals surface area contributed by atoms with Gasteiger partial charge >= 0.3 is 5.92 Å². The van der Waals surface area contributed by atoms with Gasteiger partial charge in [0.25, 0.3) is 0 Å². The van der Waals surface area contributed by atoms with E-state index in [2.05, 4.69) is 6.58 Å². The van der Waals surface area contributed by atoms with Crippen LogP contribution in [0, 0.1) is 0 Å². The molecule has 1 atom stereocenters. The van der Waals surface area contributed by atoms with Crippen molar-refractivity contribution in [3.8, 4) is 0 Å². The molecule has 0 aliphatic carbocycles. The number of rotatable bonds is 6. The summed E-state index contributed by atoms with van der Waals surface area (Å²) in [4.78, 5) is 21.7. The molecule has 15 heavy (non-hydrogen) atoms. The summed E-state index contributed by atoms with van der Waals surface area (Å²) in [5, 5.41) is -2.79. The maximum absolute atomic E-state index is 12.8. The van der Waals surface area contributed by atoms with Crippen molar-refractivity contribution in [1.29, 1.82) is 0 Å². The van der Waals surface area contributed by atoms with Crippen LogP contribution in [-0.2, 0) is 9.59 Å². The van der Waals surface area contributed by atoms with Gasteiger partial charge in [0.1, 0.15) is 0 Å². The Labute approximate surface area is 90.1 Å². The third-order valence-corrected chi connectivity index (χ3v) is 1.83. The normalized spacial score (nSPS) is 15.5. The van der Waals surface area contributed by atoms with E-state index in [0.29, 0.717) is 6.92 Å². The molecule has 0 aromatic carbocycles. The first-order chi connectivity index (χ1) is 6.61. The summed E-state index contributed by atoms with van der Waals surface area (Å²) in [6, 6.07) is 0. The molecule has 1 unspecified atom stereocenters. The fourth-order valence-corrected chi connectivity index (χ4v) is 0.792. The molecule has 0 amide bonds. The summed E-state index contributed by atoms with van der Waals surface area (Å²) >= 11 is 4.92. The number of carbonyl (C=O) groups is 2. The number of hydrogen-bond donors (Lipinski definition) is 0. The van der Waals surface area contributed by atoms with E-state index < -0.39 is 35.5 Å². The molecule has 0 radical (unpaired) electrons. The van der Waals surface area contributed by atoms with Crippen LogP contribution in [0.2, 0.25) is 0 Å². The van der Waals surface area contributed by atoms with Crippen molar-refractivity contribution >= 4 is 23.2 Å². The zero-order valence-electron chi connectivity index (χ0n) is 8.03. The molecule has 0 aliphatic heterocycles. The van der Waals surface area contributed by atoms with Crippen molar-refractivity contribution in [2.75, 3.05) is 0 Å². The molecule has 6 heteroatoms. The number of Topliss-reactive ketones (excluding diaryl/α,β-unsaturated/α-hetero) is 2. The first-order valence-corrected chi connectivity index (χ1v) is 4.42. The highest BCUT2D eigenvalue weighted by Crippen LogP contribution is 2.25. The Bertz CT molecular complexity index is 282. The molecule has 0 aromatic rings. The van der Waals surface area contributed by atoms with Crippen LogP contribution in [0.3, 0.4) is 0 Å². The van der Waals surface area contributed by atoms with E-state index in [1.165, 1.54) is 0 Å². The van der Waals surface area contributed by atoms with Gasteiger partial charge in [0.05, 0.1) is 6.42 Å². The Balaban J connectivity index is 4.51. The highest BCUT2D eigenvalue weighted by molar-refractivity contribution is 6.35. The van der Waals surface area contributed by atoms with E-state index in [1.54, 1.807) is 0 Å². The first kappa shape index (κ1) is 14.2. The third-order valence-electron chi connectivity index (χ3n) is 1.62. The van der Waals surface area contributed by atoms with Crippen molar-refractivity contribution < 1.29 is 22.8 Å². The van der Waals surface area contributed by atoms with Crippen LogP contribution in [0.25, 0.3) is 0 Å². The maximum Gasteiger partial charge on any atom is 0.309 e. The predicted octanol–water partition coefficient (Wildman–Crippen LogP) is 2.65. The monoisotopic (exact) mass is 242 g/mol. The van der Waals surface area contributed by atoms with Crippen LogP contribution in [0.15, 0.2) is 12.7 Å². The lowest BCUT2D eigenvalue weighted by Crippen LogP contribution is -2.34. The highest BCUT2D eigenvalue weighted by atomic mass is 35.5. The summed E-state index contributed by atoms with van der Waals surface area (Å²) in [5.41, 5.74) is 0. The summed E-state index contributed by atoms with van der Waals surface area (Å²) < 4.78 is 38.4. The van der Waals surface area contributed by atoms with Crippen LogP contribution in [-0.4, -0.2) is 22.6 Å². The van der Waals surface area contributed by atoms with Crippen LogP contribution in [0.5, 0.6) is 0 Å². The largest absolute Gasteiger partial charge is 0.309 e. The van der Waals surface area contributed by atoms with E-state index in [0.717, 1.165) is 6.08 Å². The topological polar surface area (TPSA) is 34.1 Å². The molecule has 0 rings (SSSR count). The lowest BCUT2D eigenvalue weighted by molar-refractivity contribution is -0.146. The second-order valence-electron chi connectivity index (χ2n) is 3.11. The minimum Gasteiger partial charge on any atom is -0.294 e. The van der Waals surface area contributed by atoms with Gasteiger partial charge in [-0.1, -0.05) is 17.7 Å². The van der Waals surface area contributed by atoms with Crippen molar-refractivity contribution in [2.45, 2.75) is 30.8 Å². The third kappa shape index (κ3) is 4.46. The quantitative estimate of drug-likeness (QED) is 0.408. The van der Waals surface area contributed by atoms with Gasteiger partial charge in [0, 0.05) is 6.42 Å². The van der Waals surface area contributed by atoms with Gasteiger partial charge in [0.15, 0.2) is 5.78 Å². The molecule has 2 nitrogen and oxygen atoms in total. The number of halogens is 4. The van der Waals surface area contributed by atoms with E-state index in [1.807, 2.05) is 0 Å². The minimum atomic E-state index is -3.69. The Morgan fingerprint density at radius 3 is 2.13 bits per heavy atom. The van der Waals surface area contributed by atoms with Gasteiger partial charge in [-0.25, -0.2) is 4.39 Å². The summed E-state index contributed by atoms with van der Waals surface area (Å²) in [6.07, 6.45) is -1.26. The number of allylic oxidation sites excluding steroid dienone is 1. The highest BCUT2D eigenvalue weighted by Gasteiger charge is 2.41. The van der Waals surface area contributed by atoms with E-state index in [4.69, 9.17) is 11.6 Å².